The highest BCUT2D eigenvalue weighted by molar-refractivity contribution is 5.78. The summed E-state index contributed by atoms with van der Waals surface area (Å²) in [4.78, 5) is 12.6. The van der Waals surface area contributed by atoms with Gasteiger partial charge < -0.3 is 11.5 Å². The Kier molecular flexibility index (Phi) is 2.55. The monoisotopic (exact) mass is 292 g/mol. The maximum atomic E-state index is 5.88. The molecule has 0 radical (unpaired) electrons. The molecule has 4 N–H and O–H groups in total. The molecule has 0 saturated carbocycles. The summed E-state index contributed by atoms with van der Waals surface area (Å²) in [5.41, 5.74) is 14.1. The second-order valence-corrected chi connectivity index (χ2v) is 4.69. The fourth-order valence-corrected chi connectivity index (χ4v) is 2.38. The van der Waals surface area contributed by atoms with Gasteiger partial charge in [0.1, 0.15) is 5.52 Å². The van der Waals surface area contributed by atoms with Gasteiger partial charge in [0.2, 0.25) is 17.8 Å². The van der Waals surface area contributed by atoms with Gasteiger partial charge in [0.25, 0.3) is 0 Å². The summed E-state index contributed by atoms with van der Waals surface area (Å²) in [5, 5.41) is 4.12. The van der Waals surface area contributed by atoms with Gasteiger partial charge in [-0.1, -0.05) is 18.2 Å². The third-order valence-electron chi connectivity index (χ3n) is 3.29. The molecule has 0 aliphatic heterocycles. The average molecular weight is 292 g/mol. The second kappa shape index (κ2) is 4.55. The molecule has 4 rings (SSSR count). The largest absolute Gasteiger partial charge is 0.368 e. The molecule has 8 heteroatoms. The molecule has 0 bridgehead atoms. The Bertz CT molecular complexity index is 954. The molecular weight excluding hydrogens is 280 g/mol. The lowest BCUT2D eigenvalue weighted by Crippen LogP contribution is -2.09. The van der Waals surface area contributed by atoms with Gasteiger partial charge in [-0.05, 0) is 18.2 Å². The molecule has 0 fully saturated rings. The van der Waals surface area contributed by atoms with Gasteiger partial charge in [-0.25, -0.2) is 4.98 Å². The number of pyridine rings is 1. The van der Waals surface area contributed by atoms with Gasteiger partial charge in [-0.2, -0.15) is 9.67 Å². The molecule has 0 aliphatic rings. The summed E-state index contributed by atoms with van der Waals surface area (Å²) < 4.78 is 3.35. The molecule has 8 nitrogen and oxygen atoms in total. The highest BCUT2D eigenvalue weighted by Gasteiger charge is 2.17. The van der Waals surface area contributed by atoms with E-state index in [9.17, 15) is 0 Å². The van der Waals surface area contributed by atoms with E-state index in [0.717, 1.165) is 16.7 Å². The molecule has 0 amide bonds. The average Bonchev–Trinajstić information content (AvgIpc) is 3.07. The van der Waals surface area contributed by atoms with Crippen LogP contribution in [-0.4, -0.2) is 29.3 Å². The molecule has 3 heterocycles. The predicted molar refractivity (Wildman–Crippen MR) is 82.6 cm³/mol. The minimum atomic E-state index is 0.0993. The summed E-state index contributed by atoms with van der Waals surface area (Å²) in [7, 11) is 0. The first-order valence-electron chi connectivity index (χ1n) is 6.60. The second-order valence-electron chi connectivity index (χ2n) is 4.69. The molecule has 3 aromatic heterocycles. The number of nitrogens with two attached hydrogens (primary N) is 2. The zero-order valence-corrected chi connectivity index (χ0v) is 11.5. The highest BCUT2D eigenvalue weighted by atomic mass is 15.5. The van der Waals surface area contributed by atoms with Crippen LogP contribution in [0.1, 0.15) is 0 Å². The number of benzene rings is 1. The summed E-state index contributed by atoms with van der Waals surface area (Å²) in [6.07, 6.45) is 3.40. The van der Waals surface area contributed by atoms with Crippen molar-refractivity contribution in [1.29, 1.82) is 0 Å². The first kappa shape index (κ1) is 12.3. The van der Waals surface area contributed by atoms with Crippen LogP contribution < -0.4 is 11.5 Å². The number of hydrogen-bond acceptors (Lipinski definition) is 6. The molecule has 0 atom stereocenters. The van der Waals surface area contributed by atoms with Crippen molar-refractivity contribution in [3.05, 3.63) is 48.8 Å². The fourth-order valence-electron chi connectivity index (χ4n) is 2.38. The molecule has 4 aromatic rings. The van der Waals surface area contributed by atoms with Crippen LogP contribution in [0.25, 0.3) is 22.7 Å². The lowest BCUT2D eigenvalue weighted by molar-refractivity contribution is 0.807. The smallest absolute Gasteiger partial charge is 0.241 e. The third-order valence-corrected chi connectivity index (χ3v) is 3.29. The molecular formula is C14H12N8. The molecule has 1 aromatic carbocycles. The van der Waals surface area contributed by atoms with Crippen molar-refractivity contribution in [2.24, 2.45) is 0 Å². The highest BCUT2D eigenvalue weighted by Crippen LogP contribution is 2.24. The van der Waals surface area contributed by atoms with Gasteiger partial charge in [-0.15, -0.1) is 5.10 Å². The number of hydrogen-bond donors (Lipinski definition) is 2. The van der Waals surface area contributed by atoms with Gasteiger partial charge in [0.15, 0.2) is 0 Å². The minimum absolute atomic E-state index is 0.0993. The molecule has 22 heavy (non-hydrogen) atoms. The lowest BCUT2D eigenvalue weighted by Gasteiger charge is -2.09. The molecule has 108 valence electrons. The Balaban J connectivity index is 2.08. The summed E-state index contributed by atoms with van der Waals surface area (Å²) in [6.45, 7) is 0. The van der Waals surface area contributed by atoms with E-state index in [-0.39, 0.29) is 11.9 Å². The summed E-state index contributed by atoms with van der Waals surface area (Å²) in [6, 6.07) is 11.7. The van der Waals surface area contributed by atoms with Gasteiger partial charge >= 0.3 is 0 Å². The van der Waals surface area contributed by atoms with E-state index in [0.29, 0.717) is 5.95 Å². The number of nitrogen functional groups attached to an aromatic ring is 2. The van der Waals surface area contributed by atoms with E-state index in [2.05, 4.69) is 20.1 Å². The number of anilines is 2. The van der Waals surface area contributed by atoms with Crippen LogP contribution in [0, 0.1) is 0 Å². The predicted octanol–water partition coefficient (Wildman–Crippen LogP) is 1.17. The van der Waals surface area contributed by atoms with Crippen LogP contribution in [0.2, 0.25) is 0 Å². The van der Waals surface area contributed by atoms with E-state index in [4.69, 9.17) is 11.5 Å². The Labute approximate surface area is 125 Å². The van der Waals surface area contributed by atoms with Gasteiger partial charge in [0, 0.05) is 11.9 Å². The number of nitrogens with zero attached hydrogens (tertiary/aromatic N) is 6. The number of rotatable bonds is 2. The van der Waals surface area contributed by atoms with E-state index in [1.54, 1.807) is 12.4 Å². The van der Waals surface area contributed by atoms with Crippen LogP contribution in [0.15, 0.2) is 48.8 Å². The normalized spacial score (nSPS) is 11.1. The van der Waals surface area contributed by atoms with Crippen LogP contribution in [0.3, 0.4) is 0 Å². The zero-order valence-electron chi connectivity index (χ0n) is 11.5. The van der Waals surface area contributed by atoms with Gasteiger partial charge in [0.05, 0.1) is 11.7 Å². The van der Waals surface area contributed by atoms with E-state index < -0.39 is 0 Å². The lowest BCUT2D eigenvalue weighted by atomic mass is 10.3. The van der Waals surface area contributed by atoms with Crippen molar-refractivity contribution in [1.82, 2.24) is 29.3 Å². The van der Waals surface area contributed by atoms with Crippen LogP contribution in [0.5, 0.6) is 0 Å². The van der Waals surface area contributed by atoms with Crippen molar-refractivity contribution < 1.29 is 0 Å². The third kappa shape index (κ3) is 1.78. The Hall–Kier alpha value is -3.42. The van der Waals surface area contributed by atoms with Crippen molar-refractivity contribution in [3.63, 3.8) is 0 Å². The van der Waals surface area contributed by atoms with E-state index in [1.165, 1.54) is 4.68 Å². The fraction of sp³-hybridized carbons (Fsp3) is 0. The van der Waals surface area contributed by atoms with Crippen LogP contribution >= 0.6 is 0 Å². The molecule has 0 unspecified atom stereocenters. The van der Waals surface area contributed by atoms with Gasteiger partial charge in [-0.3, -0.25) is 9.55 Å². The number of fused-ring (bicyclic) bond motifs is 1. The Morgan fingerprint density at radius 2 is 1.77 bits per heavy atom. The van der Waals surface area contributed by atoms with Crippen LogP contribution in [-0.2, 0) is 0 Å². The number of imidazole rings is 1. The number of para-hydroxylation sites is 1. The van der Waals surface area contributed by atoms with Crippen molar-refractivity contribution in [2.45, 2.75) is 0 Å². The summed E-state index contributed by atoms with van der Waals surface area (Å²) in [5.74, 6) is 0.788. The minimum Gasteiger partial charge on any atom is -0.368 e. The zero-order chi connectivity index (χ0) is 15.1. The van der Waals surface area contributed by atoms with Crippen LogP contribution in [0.4, 0.5) is 11.9 Å². The van der Waals surface area contributed by atoms with E-state index >= 15 is 0 Å². The van der Waals surface area contributed by atoms with Crippen molar-refractivity contribution in [2.75, 3.05) is 11.5 Å². The van der Waals surface area contributed by atoms with Crippen molar-refractivity contribution >= 4 is 22.9 Å². The molecule has 0 saturated heterocycles. The Morgan fingerprint density at radius 1 is 0.955 bits per heavy atom. The molecule has 0 spiro atoms. The topological polar surface area (TPSA) is 113 Å². The first-order chi connectivity index (χ1) is 10.7. The quantitative estimate of drug-likeness (QED) is 0.573. The summed E-state index contributed by atoms with van der Waals surface area (Å²) >= 11 is 0. The molecule has 0 aliphatic carbocycles. The SMILES string of the molecule is Nc1nc(N)n(-c2nc3cnccc3n2-c2ccccc2)n1. The van der Waals surface area contributed by atoms with E-state index in [1.807, 2.05) is 41.0 Å². The first-order valence-corrected chi connectivity index (χ1v) is 6.60. The maximum absolute atomic E-state index is 5.88. The standard InChI is InChI=1S/C14H12N8/c15-12-19-13(16)22(20-12)14-18-10-8-17-7-6-11(10)21(14)9-4-2-1-3-5-9/h1-8H,(H4,15,16,19,20). The maximum Gasteiger partial charge on any atom is 0.241 e. The Morgan fingerprint density at radius 3 is 2.50 bits per heavy atom. The van der Waals surface area contributed by atoms with Crippen molar-refractivity contribution in [3.8, 4) is 11.6 Å². The number of aromatic nitrogens is 6.